The molecule has 1 aromatic heterocycles. The van der Waals surface area contributed by atoms with Crippen LogP contribution in [0.3, 0.4) is 0 Å². The van der Waals surface area contributed by atoms with Gasteiger partial charge in [-0.1, -0.05) is 0 Å². The summed E-state index contributed by atoms with van der Waals surface area (Å²) in [5, 5.41) is 4.08. The van der Waals surface area contributed by atoms with Gasteiger partial charge in [-0.3, -0.25) is 9.48 Å². The van der Waals surface area contributed by atoms with Crippen LogP contribution in [0.5, 0.6) is 0 Å². The number of aromatic nitrogens is 2. The third-order valence-corrected chi connectivity index (χ3v) is 3.20. The fourth-order valence-corrected chi connectivity index (χ4v) is 2.21. The number of rotatable bonds is 4. The highest BCUT2D eigenvalue weighted by Gasteiger charge is 2.31. The summed E-state index contributed by atoms with van der Waals surface area (Å²) in [7, 11) is 3.64. The van der Waals surface area contributed by atoms with Crippen LogP contribution in [0.1, 0.15) is 18.4 Å². The molecule has 1 amide bonds. The van der Waals surface area contributed by atoms with E-state index in [2.05, 4.69) is 5.10 Å². The summed E-state index contributed by atoms with van der Waals surface area (Å²) in [4.78, 5) is 13.8. The Morgan fingerprint density at radius 1 is 1.55 bits per heavy atom. The zero-order chi connectivity index (χ0) is 13.1. The van der Waals surface area contributed by atoms with Gasteiger partial charge in [0.1, 0.15) is 6.10 Å². The number of ether oxygens (including phenoxy) is 1. The number of amides is 1. The molecule has 0 unspecified atom stereocenters. The summed E-state index contributed by atoms with van der Waals surface area (Å²) in [6.07, 6.45) is 5.00. The van der Waals surface area contributed by atoms with Crippen molar-refractivity contribution in [3.05, 3.63) is 18.0 Å². The maximum atomic E-state index is 12.2. The molecular formula is C12H22Cl2N4O2. The van der Waals surface area contributed by atoms with Gasteiger partial charge in [-0.25, -0.2) is 0 Å². The SMILES string of the molecule is CN(Cc1cnn(C)c1)C(=O)[C@@H]1CC[C@H](CN)O1.Cl.Cl. The van der Waals surface area contributed by atoms with Gasteiger partial charge in [-0.15, -0.1) is 24.8 Å². The standard InChI is InChI=1S/C12H20N4O2.2ClH/c1-15(7-9-6-14-16(2)8-9)12(17)11-4-3-10(5-13)18-11;;/h6,8,10-11H,3-5,7,13H2,1-2H3;2*1H/t10-,11+;;/m1../s1. The maximum absolute atomic E-state index is 12.2. The van der Waals surface area contributed by atoms with Gasteiger partial charge in [0.25, 0.3) is 5.91 Å². The van der Waals surface area contributed by atoms with Crippen LogP contribution in [0.4, 0.5) is 0 Å². The van der Waals surface area contributed by atoms with E-state index in [0.717, 1.165) is 18.4 Å². The highest BCUT2D eigenvalue weighted by Crippen LogP contribution is 2.20. The quantitative estimate of drug-likeness (QED) is 0.886. The predicted octanol–water partition coefficient (Wildman–Crippen LogP) is 0.728. The molecule has 0 aliphatic carbocycles. The van der Waals surface area contributed by atoms with E-state index in [4.69, 9.17) is 10.5 Å². The Morgan fingerprint density at radius 2 is 2.25 bits per heavy atom. The average molecular weight is 325 g/mol. The smallest absolute Gasteiger partial charge is 0.251 e. The fraction of sp³-hybridized carbons (Fsp3) is 0.667. The molecule has 1 aromatic rings. The first kappa shape index (κ1) is 19.2. The average Bonchev–Trinajstić information content (AvgIpc) is 2.97. The van der Waals surface area contributed by atoms with Gasteiger partial charge in [-0.2, -0.15) is 5.10 Å². The molecule has 1 fully saturated rings. The lowest BCUT2D eigenvalue weighted by atomic mass is 10.2. The van der Waals surface area contributed by atoms with Crippen molar-refractivity contribution in [1.82, 2.24) is 14.7 Å². The number of halogens is 2. The molecule has 2 N–H and O–H groups in total. The summed E-state index contributed by atoms with van der Waals surface area (Å²) < 4.78 is 7.33. The summed E-state index contributed by atoms with van der Waals surface area (Å²) in [6.45, 7) is 1.04. The molecule has 8 heteroatoms. The number of likely N-dealkylation sites (N-methyl/N-ethyl adjacent to an activating group) is 1. The molecule has 1 aliphatic rings. The van der Waals surface area contributed by atoms with Gasteiger partial charge >= 0.3 is 0 Å². The molecular weight excluding hydrogens is 303 g/mol. The van der Waals surface area contributed by atoms with Crippen molar-refractivity contribution in [1.29, 1.82) is 0 Å². The van der Waals surface area contributed by atoms with Crippen molar-refractivity contribution >= 4 is 30.7 Å². The van der Waals surface area contributed by atoms with E-state index in [1.807, 2.05) is 13.2 Å². The van der Waals surface area contributed by atoms with Crippen molar-refractivity contribution in [2.75, 3.05) is 13.6 Å². The van der Waals surface area contributed by atoms with Gasteiger partial charge in [-0.05, 0) is 12.8 Å². The number of carbonyl (C=O) groups is 1. The Labute approximate surface area is 131 Å². The van der Waals surface area contributed by atoms with Crippen molar-refractivity contribution in [2.24, 2.45) is 12.8 Å². The van der Waals surface area contributed by atoms with Crippen LogP contribution >= 0.6 is 24.8 Å². The van der Waals surface area contributed by atoms with Crippen LogP contribution in [-0.4, -0.2) is 46.4 Å². The lowest BCUT2D eigenvalue weighted by Gasteiger charge is -2.20. The molecule has 1 saturated heterocycles. The molecule has 0 radical (unpaired) electrons. The Morgan fingerprint density at radius 3 is 2.75 bits per heavy atom. The van der Waals surface area contributed by atoms with Crippen molar-refractivity contribution < 1.29 is 9.53 Å². The molecule has 2 atom stereocenters. The van der Waals surface area contributed by atoms with Gasteiger partial charge in [0, 0.05) is 38.9 Å². The van der Waals surface area contributed by atoms with Crippen LogP contribution < -0.4 is 5.73 Å². The monoisotopic (exact) mass is 324 g/mol. The van der Waals surface area contributed by atoms with E-state index in [1.54, 1.807) is 22.8 Å². The first-order valence-electron chi connectivity index (χ1n) is 6.18. The molecule has 20 heavy (non-hydrogen) atoms. The van der Waals surface area contributed by atoms with E-state index < -0.39 is 0 Å². The first-order valence-corrected chi connectivity index (χ1v) is 6.18. The molecule has 1 aliphatic heterocycles. The third kappa shape index (κ3) is 4.63. The Hall–Kier alpha value is -0.820. The zero-order valence-corrected chi connectivity index (χ0v) is 13.3. The first-order chi connectivity index (χ1) is 8.60. The van der Waals surface area contributed by atoms with Crippen LogP contribution in [0.15, 0.2) is 12.4 Å². The minimum atomic E-state index is -0.333. The number of hydrogen-bond donors (Lipinski definition) is 1. The van der Waals surface area contributed by atoms with Gasteiger partial charge in [0.15, 0.2) is 0 Å². The summed E-state index contributed by atoms with van der Waals surface area (Å²) in [6, 6.07) is 0. The molecule has 0 saturated carbocycles. The predicted molar refractivity (Wildman–Crippen MR) is 81.1 cm³/mol. The van der Waals surface area contributed by atoms with Crippen molar-refractivity contribution in [3.63, 3.8) is 0 Å². The lowest BCUT2D eigenvalue weighted by Crippen LogP contribution is -2.36. The second-order valence-corrected chi connectivity index (χ2v) is 4.78. The normalized spacial score (nSPS) is 20.9. The molecule has 6 nitrogen and oxygen atoms in total. The maximum Gasteiger partial charge on any atom is 0.251 e. The third-order valence-electron chi connectivity index (χ3n) is 3.20. The minimum absolute atomic E-state index is 0. The largest absolute Gasteiger partial charge is 0.364 e. The van der Waals surface area contributed by atoms with Crippen LogP contribution in [0.25, 0.3) is 0 Å². The summed E-state index contributed by atoms with van der Waals surface area (Å²) in [5.41, 5.74) is 6.55. The van der Waals surface area contributed by atoms with Gasteiger partial charge in [0.05, 0.1) is 12.3 Å². The minimum Gasteiger partial charge on any atom is -0.364 e. The number of nitrogens with two attached hydrogens (primary N) is 1. The molecule has 0 spiro atoms. The number of carbonyl (C=O) groups excluding carboxylic acids is 1. The molecule has 2 heterocycles. The second-order valence-electron chi connectivity index (χ2n) is 4.78. The number of aryl methyl sites for hydroxylation is 1. The number of hydrogen-bond acceptors (Lipinski definition) is 4. The fourth-order valence-electron chi connectivity index (χ4n) is 2.21. The molecule has 0 bridgehead atoms. The number of nitrogens with zero attached hydrogens (tertiary/aromatic N) is 3. The van der Waals surface area contributed by atoms with E-state index in [0.29, 0.717) is 13.1 Å². The highest BCUT2D eigenvalue weighted by molar-refractivity contribution is 5.85. The Balaban J connectivity index is 0.00000180. The Kier molecular flexibility index (Phi) is 8.12. The summed E-state index contributed by atoms with van der Waals surface area (Å²) in [5.74, 6) is 0.0230. The van der Waals surface area contributed by atoms with E-state index in [-0.39, 0.29) is 42.9 Å². The summed E-state index contributed by atoms with van der Waals surface area (Å²) >= 11 is 0. The van der Waals surface area contributed by atoms with Gasteiger partial charge < -0.3 is 15.4 Å². The molecule has 0 aromatic carbocycles. The zero-order valence-electron chi connectivity index (χ0n) is 11.7. The van der Waals surface area contributed by atoms with Crippen LogP contribution in [0.2, 0.25) is 0 Å². The topological polar surface area (TPSA) is 73.4 Å². The van der Waals surface area contributed by atoms with E-state index in [9.17, 15) is 4.79 Å². The van der Waals surface area contributed by atoms with Crippen LogP contribution in [0, 0.1) is 0 Å². The molecule has 2 rings (SSSR count). The molecule has 116 valence electrons. The van der Waals surface area contributed by atoms with Gasteiger partial charge in [0.2, 0.25) is 0 Å². The van der Waals surface area contributed by atoms with E-state index >= 15 is 0 Å². The Bertz CT molecular complexity index is 427. The highest BCUT2D eigenvalue weighted by atomic mass is 35.5. The van der Waals surface area contributed by atoms with Crippen molar-refractivity contribution in [3.8, 4) is 0 Å². The van der Waals surface area contributed by atoms with E-state index in [1.165, 1.54) is 0 Å². The van der Waals surface area contributed by atoms with Crippen molar-refractivity contribution in [2.45, 2.75) is 31.6 Å². The second kappa shape index (κ2) is 8.46. The van der Waals surface area contributed by atoms with Crippen LogP contribution in [-0.2, 0) is 23.1 Å². The lowest BCUT2D eigenvalue weighted by molar-refractivity contribution is -0.141.